The van der Waals surface area contributed by atoms with Crippen LogP contribution in [0.1, 0.15) is 11.1 Å². The van der Waals surface area contributed by atoms with Gasteiger partial charge in [0.25, 0.3) is 5.22 Å². The third-order valence-corrected chi connectivity index (χ3v) is 6.74. The molecular formula is C26H19Cl3N2O6S. The maximum Gasteiger partial charge on any atom is 0.342 e. The second kappa shape index (κ2) is 12.4. The van der Waals surface area contributed by atoms with E-state index < -0.39 is 5.97 Å². The predicted octanol–water partition coefficient (Wildman–Crippen LogP) is 7.51. The standard InChI is InChI=1S/C26H19Cl3N2O6S/c1-34-19-8-16(9-20(12-19)35-2)24-30-31-26(37-24)38-23(25(32)33)10-15-7-17(27)5-6-22(15)36-13-14-3-4-18(28)11-21(14)29/h3-12H,13H2,1-2H3,(H,32,33)/b23-10-. The van der Waals surface area contributed by atoms with E-state index in [9.17, 15) is 9.90 Å². The summed E-state index contributed by atoms with van der Waals surface area (Å²) < 4.78 is 22.2. The highest BCUT2D eigenvalue weighted by atomic mass is 35.5. The molecule has 196 valence electrons. The van der Waals surface area contributed by atoms with Crippen LogP contribution in [0.3, 0.4) is 0 Å². The molecule has 4 rings (SSSR count). The van der Waals surface area contributed by atoms with Gasteiger partial charge in [-0.05, 0) is 60.3 Å². The Morgan fingerprint density at radius 1 is 0.974 bits per heavy atom. The van der Waals surface area contributed by atoms with Gasteiger partial charge >= 0.3 is 5.97 Å². The normalized spacial score (nSPS) is 11.3. The van der Waals surface area contributed by atoms with E-state index in [0.717, 1.165) is 11.8 Å². The summed E-state index contributed by atoms with van der Waals surface area (Å²) in [6.45, 7) is 0.130. The van der Waals surface area contributed by atoms with Gasteiger partial charge in [0.1, 0.15) is 28.8 Å². The Hall–Kier alpha value is -3.37. The Morgan fingerprint density at radius 2 is 1.66 bits per heavy atom. The zero-order valence-electron chi connectivity index (χ0n) is 19.9. The summed E-state index contributed by atoms with van der Waals surface area (Å²) in [5, 5.41) is 19.3. The average molecular weight is 594 g/mol. The van der Waals surface area contributed by atoms with Crippen LogP contribution in [-0.4, -0.2) is 35.5 Å². The van der Waals surface area contributed by atoms with Crippen LogP contribution in [-0.2, 0) is 11.4 Å². The molecule has 4 aromatic rings. The number of thioether (sulfide) groups is 1. The molecule has 1 aromatic heterocycles. The van der Waals surface area contributed by atoms with E-state index in [0.29, 0.717) is 49.0 Å². The van der Waals surface area contributed by atoms with Crippen molar-refractivity contribution in [2.75, 3.05) is 14.2 Å². The SMILES string of the molecule is COc1cc(OC)cc(-c2nnc(S/C(=C\c3cc(Cl)ccc3OCc3ccc(Cl)cc3Cl)C(=O)O)o2)c1. The quantitative estimate of drug-likeness (QED) is 0.148. The molecule has 1 heterocycles. The van der Waals surface area contributed by atoms with Crippen molar-refractivity contribution in [2.45, 2.75) is 11.8 Å². The lowest BCUT2D eigenvalue weighted by molar-refractivity contribution is -0.131. The van der Waals surface area contributed by atoms with Crippen LogP contribution in [0.25, 0.3) is 17.5 Å². The number of ether oxygens (including phenoxy) is 3. The maximum absolute atomic E-state index is 12.1. The lowest BCUT2D eigenvalue weighted by Gasteiger charge is -2.12. The molecule has 0 aliphatic heterocycles. The zero-order chi connectivity index (χ0) is 27.2. The zero-order valence-corrected chi connectivity index (χ0v) is 23.0. The summed E-state index contributed by atoms with van der Waals surface area (Å²) in [5.41, 5.74) is 1.69. The number of benzene rings is 3. The molecule has 0 saturated carbocycles. The van der Waals surface area contributed by atoms with Crippen molar-refractivity contribution >= 4 is 58.6 Å². The monoisotopic (exact) mass is 592 g/mol. The smallest absolute Gasteiger partial charge is 0.342 e. The molecule has 0 radical (unpaired) electrons. The first-order valence-electron chi connectivity index (χ1n) is 10.8. The van der Waals surface area contributed by atoms with Gasteiger partial charge in [0.05, 0.1) is 14.2 Å². The molecule has 1 N–H and O–H groups in total. The molecule has 8 nitrogen and oxygen atoms in total. The minimum atomic E-state index is -1.20. The van der Waals surface area contributed by atoms with Crippen LogP contribution in [0, 0.1) is 0 Å². The Bertz CT molecular complexity index is 1490. The minimum absolute atomic E-state index is 0.0212. The van der Waals surface area contributed by atoms with Crippen LogP contribution in [0.2, 0.25) is 15.1 Å². The van der Waals surface area contributed by atoms with E-state index >= 15 is 0 Å². The molecule has 38 heavy (non-hydrogen) atoms. The number of rotatable bonds is 10. The summed E-state index contributed by atoms with van der Waals surface area (Å²) in [7, 11) is 3.05. The fourth-order valence-electron chi connectivity index (χ4n) is 3.23. The number of hydrogen-bond donors (Lipinski definition) is 1. The number of methoxy groups -OCH3 is 2. The van der Waals surface area contributed by atoms with Gasteiger partial charge in [0, 0.05) is 37.8 Å². The summed E-state index contributed by atoms with van der Waals surface area (Å²) in [4.78, 5) is 12.0. The Morgan fingerprint density at radius 3 is 2.32 bits per heavy atom. The number of carboxylic acids is 1. The van der Waals surface area contributed by atoms with E-state index in [1.165, 1.54) is 20.3 Å². The summed E-state index contributed by atoms with van der Waals surface area (Å²) >= 11 is 19.2. The topological polar surface area (TPSA) is 104 Å². The van der Waals surface area contributed by atoms with Gasteiger partial charge in [-0.2, -0.15) is 0 Å². The third-order valence-electron chi connectivity index (χ3n) is 5.07. The lowest BCUT2D eigenvalue weighted by atomic mass is 10.2. The van der Waals surface area contributed by atoms with Gasteiger partial charge < -0.3 is 23.7 Å². The van der Waals surface area contributed by atoms with Crippen molar-refractivity contribution < 1.29 is 28.5 Å². The highest BCUT2D eigenvalue weighted by molar-refractivity contribution is 8.03. The fraction of sp³-hybridized carbons (Fsp3) is 0.115. The summed E-state index contributed by atoms with van der Waals surface area (Å²) in [5.74, 6) is 0.428. The van der Waals surface area contributed by atoms with Crippen molar-refractivity contribution in [2.24, 2.45) is 0 Å². The molecule has 3 aromatic carbocycles. The molecule has 12 heteroatoms. The molecule has 0 amide bonds. The number of nitrogens with zero attached hydrogens (tertiary/aromatic N) is 2. The number of aliphatic carboxylic acids is 1. The molecule has 0 atom stereocenters. The van der Waals surface area contributed by atoms with E-state index in [-0.39, 0.29) is 22.6 Å². The van der Waals surface area contributed by atoms with Crippen molar-refractivity contribution in [3.05, 3.63) is 85.7 Å². The third kappa shape index (κ3) is 6.93. The highest BCUT2D eigenvalue weighted by Gasteiger charge is 2.18. The Balaban J connectivity index is 1.59. The van der Waals surface area contributed by atoms with Gasteiger partial charge in [-0.1, -0.05) is 40.9 Å². The second-order valence-electron chi connectivity index (χ2n) is 7.60. The van der Waals surface area contributed by atoms with Crippen LogP contribution < -0.4 is 14.2 Å². The first-order valence-corrected chi connectivity index (χ1v) is 12.8. The number of hydrogen-bond acceptors (Lipinski definition) is 8. The van der Waals surface area contributed by atoms with Crippen molar-refractivity contribution in [1.29, 1.82) is 0 Å². The number of halogens is 3. The first kappa shape index (κ1) is 27.7. The predicted molar refractivity (Wildman–Crippen MR) is 147 cm³/mol. The van der Waals surface area contributed by atoms with Gasteiger partial charge in [0.2, 0.25) is 5.89 Å². The fourth-order valence-corrected chi connectivity index (χ4v) is 4.53. The molecule has 0 aliphatic rings. The van der Waals surface area contributed by atoms with Crippen LogP contribution in [0.15, 0.2) is 69.1 Å². The Labute approximate surface area is 237 Å². The number of aromatic nitrogens is 2. The van der Waals surface area contributed by atoms with Gasteiger partial charge in [0.15, 0.2) is 0 Å². The molecule has 0 aliphatic carbocycles. The lowest BCUT2D eigenvalue weighted by Crippen LogP contribution is -2.00. The van der Waals surface area contributed by atoms with Crippen molar-refractivity contribution in [3.63, 3.8) is 0 Å². The molecule has 0 fully saturated rings. The van der Waals surface area contributed by atoms with E-state index in [1.54, 1.807) is 54.6 Å². The molecule has 0 spiro atoms. The van der Waals surface area contributed by atoms with E-state index in [4.69, 9.17) is 53.4 Å². The summed E-state index contributed by atoms with van der Waals surface area (Å²) in [6.07, 6.45) is 1.41. The average Bonchev–Trinajstić information content (AvgIpc) is 3.37. The second-order valence-corrected chi connectivity index (χ2v) is 9.87. The molecule has 0 unspecified atom stereocenters. The Kier molecular flexibility index (Phi) is 9.06. The van der Waals surface area contributed by atoms with E-state index in [2.05, 4.69) is 10.2 Å². The summed E-state index contributed by atoms with van der Waals surface area (Å²) in [6, 6.07) is 15.0. The van der Waals surface area contributed by atoms with Gasteiger partial charge in [-0.25, -0.2) is 4.79 Å². The van der Waals surface area contributed by atoms with E-state index in [1.807, 2.05) is 0 Å². The largest absolute Gasteiger partial charge is 0.497 e. The number of carbonyl (C=O) groups is 1. The van der Waals surface area contributed by atoms with Crippen LogP contribution in [0.4, 0.5) is 0 Å². The van der Waals surface area contributed by atoms with Crippen LogP contribution in [0.5, 0.6) is 17.2 Å². The van der Waals surface area contributed by atoms with Crippen molar-refractivity contribution in [3.8, 4) is 28.7 Å². The van der Waals surface area contributed by atoms with Gasteiger partial charge in [-0.3, -0.25) is 0 Å². The van der Waals surface area contributed by atoms with Crippen LogP contribution >= 0.6 is 46.6 Å². The number of carboxylic acid groups (broad SMARTS) is 1. The van der Waals surface area contributed by atoms with Gasteiger partial charge in [-0.15, -0.1) is 10.2 Å². The molecule has 0 saturated heterocycles. The first-order chi connectivity index (χ1) is 18.2. The molecule has 0 bridgehead atoms. The van der Waals surface area contributed by atoms with Crippen molar-refractivity contribution in [1.82, 2.24) is 10.2 Å². The maximum atomic E-state index is 12.1. The minimum Gasteiger partial charge on any atom is -0.497 e. The molecular weight excluding hydrogens is 575 g/mol. The highest BCUT2D eigenvalue weighted by Crippen LogP contribution is 2.35.